The maximum Gasteiger partial charge on any atom is 0.387 e. The van der Waals surface area contributed by atoms with Gasteiger partial charge in [0.05, 0.1) is 6.61 Å². The number of ether oxygens (including phenoxy) is 2. The molecule has 0 amide bonds. The van der Waals surface area contributed by atoms with Crippen molar-refractivity contribution in [3.8, 4) is 11.5 Å². The van der Waals surface area contributed by atoms with Crippen molar-refractivity contribution < 1.29 is 18.3 Å². The van der Waals surface area contributed by atoms with Gasteiger partial charge in [-0.05, 0) is 13.0 Å². The molecule has 0 atom stereocenters. The second kappa shape index (κ2) is 5.68. The number of hydrogen-bond acceptors (Lipinski definition) is 2. The molecule has 1 aromatic rings. The van der Waals surface area contributed by atoms with Gasteiger partial charge in [-0.25, -0.2) is 0 Å². The molecule has 16 heavy (non-hydrogen) atoms. The molecule has 89 valence electrons. The lowest BCUT2D eigenvalue weighted by molar-refractivity contribution is -0.0514. The number of hydrogen-bond donors (Lipinski definition) is 0. The van der Waals surface area contributed by atoms with Crippen molar-refractivity contribution in [2.45, 2.75) is 27.4 Å². The molecule has 0 N–H and O–H groups in total. The number of rotatable bonds is 5. The number of para-hydroxylation sites is 1. The average Bonchev–Trinajstić information content (AvgIpc) is 2.19. The van der Waals surface area contributed by atoms with E-state index in [2.05, 4.69) is 4.74 Å². The Bertz CT molecular complexity index is 338. The largest absolute Gasteiger partial charge is 0.490 e. The maximum atomic E-state index is 12.2. The first-order valence-electron chi connectivity index (χ1n) is 5.07. The Hall–Kier alpha value is -1.32. The van der Waals surface area contributed by atoms with E-state index in [4.69, 9.17) is 4.74 Å². The normalized spacial score (nSPS) is 10.9. The molecule has 0 unspecified atom stereocenters. The van der Waals surface area contributed by atoms with Gasteiger partial charge >= 0.3 is 6.61 Å². The summed E-state index contributed by atoms with van der Waals surface area (Å²) in [5.74, 6) is 1.45. The molecule has 1 radical (unpaired) electrons. The van der Waals surface area contributed by atoms with Gasteiger partial charge in [0.1, 0.15) is 0 Å². The quantitative estimate of drug-likeness (QED) is 0.767. The van der Waals surface area contributed by atoms with E-state index >= 15 is 0 Å². The van der Waals surface area contributed by atoms with Crippen molar-refractivity contribution in [1.29, 1.82) is 0 Å². The maximum absolute atomic E-state index is 12.2. The molecule has 0 fully saturated rings. The lowest BCUT2D eigenvalue weighted by atomic mass is 10.0. The van der Waals surface area contributed by atoms with Crippen LogP contribution < -0.4 is 9.47 Å². The molecule has 1 rings (SSSR count). The smallest absolute Gasteiger partial charge is 0.387 e. The minimum atomic E-state index is -2.84. The lowest BCUT2D eigenvalue weighted by Crippen LogP contribution is -2.06. The fraction of sp³-hybridized carbons (Fsp3) is 0.417. The van der Waals surface area contributed by atoms with E-state index in [1.807, 2.05) is 19.9 Å². The summed E-state index contributed by atoms with van der Waals surface area (Å²) in [6.07, 6.45) is 0. The molecule has 2 nitrogen and oxygen atoms in total. The fourth-order valence-electron chi connectivity index (χ4n) is 1.39. The first kappa shape index (κ1) is 12.7. The Kier molecular flexibility index (Phi) is 4.52. The molecule has 0 spiro atoms. The zero-order valence-corrected chi connectivity index (χ0v) is 9.59. The summed E-state index contributed by atoms with van der Waals surface area (Å²) in [6.45, 7) is 3.15. The molecule has 0 heterocycles. The third-order valence-corrected chi connectivity index (χ3v) is 2.02. The Morgan fingerprint density at radius 2 is 2.00 bits per heavy atom. The summed E-state index contributed by atoms with van der Waals surface area (Å²) in [4.78, 5) is 0. The van der Waals surface area contributed by atoms with Crippen LogP contribution in [-0.2, 0) is 0 Å². The minimum Gasteiger partial charge on any atom is -0.490 e. The monoisotopic (exact) mass is 229 g/mol. The van der Waals surface area contributed by atoms with Crippen molar-refractivity contribution in [2.75, 3.05) is 6.61 Å². The molecule has 0 aliphatic heterocycles. The van der Waals surface area contributed by atoms with Crippen LogP contribution in [0.3, 0.4) is 0 Å². The third-order valence-electron chi connectivity index (χ3n) is 2.02. The Balaban J connectivity index is 3.10. The zero-order chi connectivity index (χ0) is 12.1. The van der Waals surface area contributed by atoms with Crippen LogP contribution in [0, 0.1) is 5.92 Å². The van der Waals surface area contributed by atoms with Gasteiger partial charge in [-0.2, -0.15) is 8.78 Å². The Morgan fingerprint density at radius 1 is 1.31 bits per heavy atom. The van der Waals surface area contributed by atoms with E-state index in [-0.39, 0.29) is 5.75 Å². The van der Waals surface area contributed by atoms with E-state index in [1.165, 1.54) is 6.07 Å². The summed E-state index contributed by atoms with van der Waals surface area (Å²) in [5, 5.41) is 0. The Morgan fingerprint density at radius 3 is 2.50 bits per heavy atom. The van der Waals surface area contributed by atoms with Gasteiger partial charge in [0.25, 0.3) is 0 Å². The van der Waals surface area contributed by atoms with E-state index in [1.54, 1.807) is 13.0 Å². The first-order valence-corrected chi connectivity index (χ1v) is 5.07. The van der Waals surface area contributed by atoms with Crippen molar-refractivity contribution in [3.05, 3.63) is 29.7 Å². The highest BCUT2D eigenvalue weighted by Crippen LogP contribution is 2.36. The molecular weight excluding hydrogens is 214 g/mol. The number of alkyl halides is 2. The predicted molar refractivity (Wildman–Crippen MR) is 57.9 cm³/mol. The van der Waals surface area contributed by atoms with Crippen LogP contribution in [0.15, 0.2) is 18.2 Å². The van der Waals surface area contributed by atoms with Gasteiger partial charge < -0.3 is 9.47 Å². The SMILES string of the molecule is CCOc1c(OC(F)F)cccc1[C](C)C. The second-order valence-corrected chi connectivity index (χ2v) is 3.44. The van der Waals surface area contributed by atoms with Crippen LogP contribution in [0.4, 0.5) is 8.78 Å². The first-order chi connectivity index (χ1) is 7.56. The highest BCUT2D eigenvalue weighted by atomic mass is 19.3. The predicted octanol–water partition coefficient (Wildman–Crippen LogP) is 3.65. The molecule has 0 aromatic heterocycles. The molecule has 1 aromatic carbocycles. The number of benzene rings is 1. The highest BCUT2D eigenvalue weighted by molar-refractivity contribution is 5.51. The molecule has 0 saturated carbocycles. The molecule has 4 heteroatoms. The van der Waals surface area contributed by atoms with E-state index < -0.39 is 6.61 Å². The van der Waals surface area contributed by atoms with E-state index in [9.17, 15) is 8.78 Å². The Labute approximate surface area is 94.2 Å². The van der Waals surface area contributed by atoms with Gasteiger partial charge in [0.2, 0.25) is 0 Å². The van der Waals surface area contributed by atoms with Crippen LogP contribution in [0.1, 0.15) is 26.3 Å². The third kappa shape index (κ3) is 3.08. The summed E-state index contributed by atoms with van der Waals surface area (Å²) in [6, 6.07) is 4.96. The molecular formula is C12H15F2O2. The summed E-state index contributed by atoms with van der Waals surface area (Å²) < 4.78 is 34.1. The number of halogens is 2. The molecule has 0 aliphatic rings. The summed E-state index contributed by atoms with van der Waals surface area (Å²) >= 11 is 0. The van der Waals surface area contributed by atoms with Crippen LogP contribution in [0.25, 0.3) is 0 Å². The molecule has 0 saturated heterocycles. The van der Waals surface area contributed by atoms with Crippen LogP contribution >= 0.6 is 0 Å². The van der Waals surface area contributed by atoms with E-state index in [0.717, 1.165) is 11.5 Å². The highest BCUT2D eigenvalue weighted by Gasteiger charge is 2.16. The summed E-state index contributed by atoms with van der Waals surface area (Å²) in [5.41, 5.74) is 0.792. The topological polar surface area (TPSA) is 18.5 Å². The zero-order valence-electron chi connectivity index (χ0n) is 9.59. The molecule has 0 aliphatic carbocycles. The van der Waals surface area contributed by atoms with Crippen molar-refractivity contribution >= 4 is 0 Å². The average molecular weight is 229 g/mol. The van der Waals surface area contributed by atoms with Crippen LogP contribution in [-0.4, -0.2) is 13.2 Å². The van der Waals surface area contributed by atoms with Gasteiger partial charge in [-0.1, -0.05) is 26.0 Å². The molecule has 0 bridgehead atoms. The van der Waals surface area contributed by atoms with Crippen molar-refractivity contribution in [3.63, 3.8) is 0 Å². The fourth-order valence-corrected chi connectivity index (χ4v) is 1.39. The van der Waals surface area contributed by atoms with Gasteiger partial charge in [0, 0.05) is 11.5 Å². The van der Waals surface area contributed by atoms with Gasteiger partial charge in [-0.3, -0.25) is 0 Å². The van der Waals surface area contributed by atoms with Gasteiger partial charge in [-0.15, -0.1) is 0 Å². The van der Waals surface area contributed by atoms with Gasteiger partial charge in [0.15, 0.2) is 11.5 Å². The standard InChI is InChI=1S/C12H15F2O2/c1-4-15-11-9(8(2)3)6-5-7-10(11)16-12(13)14/h5-7,12H,4H2,1-3H3. The van der Waals surface area contributed by atoms with Crippen LogP contribution in [0.5, 0.6) is 11.5 Å². The van der Waals surface area contributed by atoms with Crippen molar-refractivity contribution in [2.24, 2.45) is 0 Å². The minimum absolute atomic E-state index is 0.0792. The second-order valence-electron chi connectivity index (χ2n) is 3.44. The summed E-state index contributed by atoms with van der Waals surface area (Å²) in [7, 11) is 0. The van der Waals surface area contributed by atoms with Crippen molar-refractivity contribution in [1.82, 2.24) is 0 Å². The van der Waals surface area contributed by atoms with E-state index in [0.29, 0.717) is 12.4 Å². The van der Waals surface area contributed by atoms with Crippen LogP contribution in [0.2, 0.25) is 0 Å². The lowest BCUT2D eigenvalue weighted by Gasteiger charge is -2.16.